The summed E-state index contributed by atoms with van der Waals surface area (Å²) in [6.45, 7) is 5.70. The van der Waals surface area contributed by atoms with Crippen LogP contribution in [0, 0.1) is 13.8 Å². The Morgan fingerprint density at radius 1 is 0.971 bits per heavy atom. The van der Waals surface area contributed by atoms with Gasteiger partial charge in [0.05, 0.1) is 18.8 Å². The molecule has 0 bridgehead atoms. The van der Waals surface area contributed by atoms with E-state index in [9.17, 15) is 9.90 Å². The molecule has 0 atom stereocenters. The van der Waals surface area contributed by atoms with Gasteiger partial charge in [-0.05, 0) is 79.0 Å². The Balaban J connectivity index is 0.000000281. The molecule has 1 aliphatic carbocycles. The molecule has 0 aliphatic heterocycles. The van der Waals surface area contributed by atoms with Gasteiger partial charge >= 0.3 is 5.97 Å². The quantitative estimate of drug-likeness (QED) is 0.374. The maximum Gasteiger partial charge on any atom is 0.317 e. The number of carboxylic acid groups (broad SMARTS) is 1. The number of aromatic nitrogens is 2. The number of hydrogen-bond acceptors (Lipinski definition) is 6. The second kappa shape index (κ2) is 13.7. The Labute approximate surface area is 207 Å². The number of rotatable bonds is 9. The zero-order chi connectivity index (χ0) is 25.0. The molecule has 3 aromatic rings. The molecule has 0 unspecified atom stereocenters. The molecule has 2 aromatic heterocycles. The highest BCUT2D eigenvalue weighted by Gasteiger charge is 2.08. The van der Waals surface area contributed by atoms with E-state index in [1.54, 1.807) is 0 Å². The van der Waals surface area contributed by atoms with Crippen molar-refractivity contribution in [3.63, 3.8) is 0 Å². The summed E-state index contributed by atoms with van der Waals surface area (Å²) in [6, 6.07) is 12.2. The normalized spacial score (nSPS) is 12.4. The van der Waals surface area contributed by atoms with Crippen molar-refractivity contribution in [2.45, 2.75) is 65.8 Å². The van der Waals surface area contributed by atoms with Crippen molar-refractivity contribution in [3.05, 3.63) is 93.6 Å². The minimum Gasteiger partial charge on any atom is -0.480 e. The van der Waals surface area contributed by atoms with Gasteiger partial charge in [0, 0.05) is 37.7 Å². The number of aliphatic carboxylic acids is 1. The van der Waals surface area contributed by atoms with E-state index in [2.05, 4.69) is 39.7 Å². The summed E-state index contributed by atoms with van der Waals surface area (Å²) in [5.41, 5.74) is 8.94. The lowest BCUT2D eigenvalue weighted by molar-refractivity contribution is -0.136. The molecule has 186 valence electrons. The zero-order valence-electron chi connectivity index (χ0n) is 20.7. The fraction of sp³-hybridized carbons (Fsp3) is 0.393. The lowest BCUT2D eigenvalue weighted by atomic mass is 9.96. The number of carboxylic acids is 1. The number of carbonyl (C=O) groups is 1. The maximum absolute atomic E-state index is 10.5. The van der Waals surface area contributed by atoms with Crippen LogP contribution >= 0.6 is 0 Å². The van der Waals surface area contributed by atoms with Gasteiger partial charge in [0.2, 0.25) is 0 Å². The van der Waals surface area contributed by atoms with Crippen molar-refractivity contribution >= 4 is 5.97 Å². The molecule has 4 rings (SSSR count). The van der Waals surface area contributed by atoms with E-state index >= 15 is 0 Å². The fourth-order valence-corrected chi connectivity index (χ4v) is 4.20. The van der Waals surface area contributed by atoms with Gasteiger partial charge in [-0.3, -0.25) is 14.8 Å². The average Bonchev–Trinajstić information content (AvgIpc) is 2.86. The fourth-order valence-electron chi connectivity index (χ4n) is 4.20. The maximum atomic E-state index is 10.5. The number of aliphatic hydroxyl groups excluding tert-OH is 1. The minimum atomic E-state index is -0.886. The third-order valence-corrected chi connectivity index (χ3v) is 6.07. The lowest BCUT2D eigenvalue weighted by Crippen LogP contribution is -2.22. The third kappa shape index (κ3) is 8.55. The SMILES string of the molecule is Cc1cnc(CNCc2ccc(CNCC(=O)O)cc2CO)c(C)c1.c1cnc2c(c1)CCCC2. The molecule has 0 saturated carbocycles. The summed E-state index contributed by atoms with van der Waals surface area (Å²) in [7, 11) is 0. The molecule has 1 aromatic carbocycles. The minimum absolute atomic E-state index is 0.0500. The van der Waals surface area contributed by atoms with E-state index in [0.29, 0.717) is 19.6 Å². The predicted octanol–water partition coefficient (Wildman–Crippen LogP) is 3.62. The van der Waals surface area contributed by atoms with Crippen LogP contribution in [0.3, 0.4) is 0 Å². The molecule has 1 aliphatic rings. The monoisotopic (exact) mass is 476 g/mol. The Bertz CT molecular complexity index is 1090. The Morgan fingerprint density at radius 2 is 1.80 bits per heavy atom. The second-order valence-electron chi connectivity index (χ2n) is 8.95. The summed E-state index contributed by atoms with van der Waals surface area (Å²) in [5.74, 6) is -0.886. The summed E-state index contributed by atoms with van der Waals surface area (Å²) in [4.78, 5) is 19.3. The largest absolute Gasteiger partial charge is 0.480 e. The number of hydrogen-bond donors (Lipinski definition) is 4. The molecular weight excluding hydrogens is 440 g/mol. The highest BCUT2D eigenvalue weighted by molar-refractivity contribution is 5.69. The van der Waals surface area contributed by atoms with Crippen molar-refractivity contribution in [1.29, 1.82) is 0 Å². The van der Waals surface area contributed by atoms with Crippen LogP contribution < -0.4 is 10.6 Å². The molecule has 2 heterocycles. The summed E-state index contributed by atoms with van der Waals surface area (Å²) >= 11 is 0. The summed E-state index contributed by atoms with van der Waals surface area (Å²) in [6.07, 6.45) is 8.86. The van der Waals surface area contributed by atoms with Gasteiger partial charge < -0.3 is 20.8 Å². The number of pyridine rings is 2. The predicted molar refractivity (Wildman–Crippen MR) is 137 cm³/mol. The first kappa shape index (κ1) is 26.5. The smallest absolute Gasteiger partial charge is 0.317 e. The Kier molecular flexibility index (Phi) is 10.3. The standard InChI is InChI=1S/C19H25N3O3.C9H11N/c1-13-5-14(2)18(22-7-13)10-21-9-16-4-3-15(6-17(16)12-23)8-20-11-19(24)25;1-2-6-9-8(4-1)5-3-7-10-9/h3-7,20-21,23H,8-12H2,1-2H3,(H,24,25);3,5,7H,1-2,4,6H2. The first-order valence-electron chi connectivity index (χ1n) is 12.2. The summed E-state index contributed by atoms with van der Waals surface area (Å²) < 4.78 is 0. The van der Waals surface area contributed by atoms with E-state index in [0.717, 1.165) is 33.5 Å². The number of nitrogens with zero attached hydrogens (tertiary/aromatic N) is 2. The highest BCUT2D eigenvalue weighted by atomic mass is 16.4. The molecule has 7 heteroatoms. The van der Waals surface area contributed by atoms with Gasteiger partial charge in [0.1, 0.15) is 0 Å². The zero-order valence-corrected chi connectivity index (χ0v) is 20.7. The lowest BCUT2D eigenvalue weighted by Gasteiger charge is -2.12. The Morgan fingerprint density at radius 3 is 2.54 bits per heavy atom. The number of benzene rings is 1. The summed E-state index contributed by atoms with van der Waals surface area (Å²) in [5, 5.41) is 24.4. The van der Waals surface area contributed by atoms with Crippen LogP contribution in [0.15, 0.2) is 48.8 Å². The van der Waals surface area contributed by atoms with Crippen LogP contribution in [-0.2, 0) is 43.9 Å². The molecular formula is C28H36N4O3. The highest BCUT2D eigenvalue weighted by Crippen LogP contribution is 2.17. The van der Waals surface area contributed by atoms with Gasteiger partial charge in [-0.15, -0.1) is 0 Å². The molecule has 4 N–H and O–H groups in total. The molecule has 7 nitrogen and oxygen atoms in total. The number of aryl methyl sites for hydroxylation is 4. The average molecular weight is 477 g/mol. The van der Waals surface area contributed by atoms with Crippen molar-refractivity contribution < 1.29 is 15.0 Å². The van der Waals surface area contributed by atoms with Crippen LogP contribution in [0.4, 0.5) is 0 Å². The van der Waals surface area contributed by atoms with Crippen LogP contribution in [0.5, 0.6) is 0 Å². The van der Waals surface area contributed by atoms with Crippen LogP contribution in [0.25, 0.3) is 0 Å². The first-order valence-corrected chi connectivity index (χ1v) is 12.2. The Hall–Kier alpha value is -3.13. The number of fused-ring (bicyclic) bond motifs is 1. The van der Waals surface area contributed by atoms with Crippen molar-refractivity contribution in [1.82, 2.24) is 20.6 Å². The topological polar surface area (TPSA) is 107 Å². The van der Waals surface area contributed by atoms with E-state index in [4.69, 9.17) is 5.11 Å². The van der Waals surface area contributed by atoms with Crippen molar-refractivity contribution in [2.75, 3.05) is 6.54 Å². The van der Waals surface area contributed by atoms with E-state index < -0.39 is 5.97 Å². The molecule has 35 heavy (non-hydrogen) atoms. The van der Waals surface area contributed by atoms with E-state index in [-0.39, 0.29) is 13.2 Å². The molecule has 0 amide bonds. The van der Waals surface area contributed by atoms with Crippen LogP contribution in [-0.4, -0.2) is 32.7 Å². The first-order chi connectivity index (χ1) is 17.0. The van der Waals surface area contributed by atoms with Gasteiger partial charge in [0.25, 0.3) is 0 Å². The second-order valence-corrected chi connectivity index (χ2v) is 8.95. The molecule has 0 fully saturated rings. The van der Waals surface area contributed by atoms with Gasteiger partial charge in [0.15, 0.2) is 0 Å². The van der Waals surface area contributed by atoms with Gasteiger partial charge in [-0.25, -0.2) is 0 Å². The molecule has 0 saturated heterocycles. The van der Waals surface area contributed by atoms with Gasteiger partial charge in [-0.2, -0.15) is 0 Å². The third-order valence-electron chi connectivity index (χ3n) is 6.07. The van der Waals surface area contributed by atoms with E-state index in [1.807, 2.05) is 43.6 Å². The van der Waals surface area contributed by atoms with Gasteiger partial charge in [-0.1, -0.05) is 30.3 Å². The van der Waals surface area contributed by atoms with E-state index in [1.165, 1.54) is 36.9 Å². The van der Waals surface area contributed by atoms with Crippen molar-refractivity contribution in [2.24, 2.45) is 0 Å². The van der Waals surface area contributed by atoms with Crippen LogP contribution in [0.2, 0.25) is 0 Å². The number of nitrogens with one attached hydrogen (secondary N) is 2. The van der Waals surface area contributed by atoms with Crippen molar-refractivity contribution in [3.8, 4) is 0 Å². The van der Waals surface area contributed by atoms with Crippen LogP contribution in [0.1, 0.15) is 57.6 Å². The molecule has 0 spiro atoms. The molecule has 0 radical (unpaired) electrons. The number of aliphatic hydroxyl groups is 1.